The molecule has 1 saturated heterocycles. The molecule has 3 heteroatoms. The van der Waals surface area contributed by atoms with Crippen LogP contribution in [0.1, 0.15) is 36.5 Å². The molecule has 0 aromatic heterocycles. The van der Waals surface area contributed by atoms with Crippen LogP contribution in [0, 0.1) is 0 Å². The number of benzene rings is 1. The minimum atomic E-state index is 0.0542. The predicted octanol–water partition coefficient (Wildman–Crippen LogP) is 2.29. The SMILES string of the molecule is CCN1CCCCC(NC(=O)c2ccccc2)C1. The maximum Gasteiger partial charge on any atom is 0.251 e. The first-order valence-electron chi connectivity index (χ1n) is 6.88. The Bertz CT molecular complexity index is 377. The molecule has 1 aliphatic rings. The lowest BCUT2D eigenvalue weighted by Gasteiger charge is -2.23. The summed E-state index contributed by atoms with van der Waals surface area (Å²) in [5.74, 6) is 0.0542. The number of rotatable bonds is 3. The van der Waals surface area contributed by atoms with E-state index in [4.69, 9.17) is 0 Å². The van der Waals surface area contributed by atoms with Crippen LogP contribution >= 0.6 is 0 Å². The van der Waals surface area contributed by atoms with Crippen molar-refractivity contribution in [3.05, 3.63) is 35.9 Å². The minimum absolute atomic E-state index is 0.0542. The van der Waals surface area contributed by atoms with Gasteiger partial charge in [0.15, 0.2) is 0 Å². The summed E-state index contributed by atoms with van der Waals surface area (Å²) in [4.78, 5) is 14.5. The molecule has 1 aromatic carbocycles. The largest absolute Gasteiger partial charge is 0.348 e. The molecule has 18 heavy (non-hydrogen) atoms. The Labute approximate surface area is 109 Å². The number of nitrogens with one attached hydrogen (secondary N) is 1. The van der Waals surface area contributed by atoms with Crippen LogP contribution in [0.4, 0.5) is 0 Å². The summed E-state index contributed by atoms with van der Waals surface area (Å²) in [6.07, 6.45) is 3.54. The molecule has 0 spiro atoms. The summed E-state index contributed by atoms with van der Waals surface area (Å²) in [6.45, 7) is 5.39. The van der Waals surface area contributed by atoms with Gasteiger partial charge in [-0.2, -0.15) is 0 Å². The van der Waals surface area contributed by atoms with E-state index in [-0.39, 0.29) is 5.91 Å². The highest BCUT2D eigenvalue weighted by Crippen LogP contribution is 2.11. The Morgan fingerprint density at radius 2 is 2.11 bits per heavy atom. The second-order valence-corrected chi connectivity index (χ2v) is 4.93. The maximum absolute atomic E-state index is 12.1. The van der Waals surface area contributed by atoms with E-state index in [0.29, 0.717) is 6.04 Å². The lowest BCUT2D eigenvalue weighted by Crippen LogP contribution is -2.42. The standard InChI is InChI=1S/C15H22N2O/c1-2-17-11-7-6-10-14(12-17)16-15(18)13-8-4-3-5-9-13/h3-5,8-9,14H,2,6-7,10-12H2,1H3,(H,16,18). The molecule has 0 bridgehead atoms. The Kier molecular flexibility index (Phi) is 4.76. The molecule has 1 fully saturated rings. The number of carbonyl (C=O) groups is 1. The summed E-state index contributed by atoms with van der Waals surface area (Å²) in [6, 6.07) is 9.76. The zero-order valence-corrected chi connectivity index (χ0v) is 11.1. The van der Waals surface area contributed by atoms with E-state index in [1.807, 2.05) is 30.3 Å². The Morgan fingerprint density at radius 1 is 1.33 bits per heavy atom. The van der Waals surface area contributed by atoms with Gasteiger partial charge < -0.3 is 10.2 Å². The summed E-state index contributed by atoms with van der Waals surface area (Å²) in [7, 11) is 0. The van der Waals surface area contributed by atoms with Crippen LogP contribution in [0.2, 0.25) is 0 Å². The smallest absolute Gasteiger partial charge is 0.251 e. The van der Waals surface area contributed by atoms with E-state index >= 15 is 0 Å². The topological polar surface area (TPSA) is 32.3 Å². The molecule has 3 nitrogen and oxygen atoms in total. The van der Waals surface area contributed by atoms with Gasteiger partial charge in [0.25, 0.3) is 5.91 Å². The molecule has 1 N–H and O–H groups in total. The fourth-order valence-corrected chi connectivity index (χ4v) is 2.48. The van der Waals surface area contributed by atoms with Gasteiger partial charge in [-0.15, -0.1) is 0 Å². The second kappa shape index (κ2) is 6.55. The van der Waals surface area contributed by atoms with E-state index in [2.05, 4.69) is 17.1 Å². The van der Waals surface area contributed by atoms with Crippen LogP contribution in [-0.2, 0) is 0 Å². The highest BCUT2D eigenvalue weighted by Gasteiger charge is 2.19. The summed E-state index contributed by atoms with van der Waals surface area (Å²) >= 11 is 0. The van der Waals surface area contributed by atoms with Crippen molar-refractivity contribution in [2.24, 2.45) is 0 Å². The molecule has 0 radical (unpaired) electrons. The molecular weight excluding hydrogens is 224 g/mol. The predicted molar refractivity (Wildman–Crippen MR) is 73.7 cm³/mol. The van der Waals surface area contributed by atoms with E-state index in [0.717, 1.165) is 31.6 Å². The van der Waals surface area contributed by atoms with Crippen LogP contribution in [0.25, 0.3) is 0 Å². The molecule has 1 amide bonds. The molecule has 1 aromatic rings. The first-order valence-corrected chi connectivity index (χ1v) is 6.88. The van der Waals surface area contributed by atoms with Gasteiger partial charge in [0.1, 0.15) is 0 Å². The van der Waals surface area contributed by atoms with Gasteiger partial charge in [-0.1, -0.05) is 31.5 Å². The summed E-state index contributed by atoms with van der Waals surface area (Å²) in [5.41, 5.74) is 0.754. The van der Waals surface area contributed by atoms with Crippen molar-refractivity contribution in [3.8, 4) is 0 Å². The highest BCUT2D eigenvalue weighted by molar-refractivity contribution is 5.94. The molecule has 0 saturated carbocycles. The van der Waals surface area contributed by atoms with Gasteiger partial charge in [0, 0.05) is 18.2 Å². The normalized spacial score (nSPS) is 21.3. The van der Waals surface area contributed by atoms with Crippen LogP contribution in [0.3, 0.4) is 0 Å². The Balaban J connectivity index is 1.93. The number of amides is 1. The van der Waals surface area contributed by atoms with Gasteiger partial charge in [0.05, 0.1) is 0 Å². The van der Waals surface area contributed by atoms with Gasteiger partial charge in [0.2, 0.25) is 0 Å². The van der Waals surface area contributed by atoms with Crippen LogP contribution in [-0.4, -0.2) is 36.5 Å². The first-order chi connectivity index (χ1) is 8.79. The molecule has 98 valence electrons. The van der Waals surface area contributed by atoms with Gasteiger partial charge >= 0.3 is 0 Å². The summed E-state index contributed by atoms with van der Waals surface area (Å²) < 4.78 is 0. The zero-order valence-electron chi connectivity index (χ0n) is 11.1. The van der Waals surface area contributed by atoms with Crippen molar-refractivity contribution >= 4 is 5.91 Å². The van der Waals surface area contributed by atoms with Gasteiger partial charge in [-0.25, -0.2) is 0 Å². The molecular formula is C15H22N2O. The van der Waals surface area contributed by atoms with Crippen LogP contribution in [0.5, 0.6) is 0 Å². The van der Waals surface area contributed by atoms with Crippen LogP contribution < -0.4 is 5.32 Å². The van der Waals surface area contributed by atoms with Crippen molar-refractivity contribution in [1.82, 2.24) is 10.2 Å². The Hall–Kier alpha value is -1.35. The monoisotopic (exact) mass is 246 g/mol. The van der Waals surface area contributed by atoms with E-state index in [1.54, 1.807) is 0 Å². The fraction of sp³-hybridized carbons (Fsp3) is 0.533. The average molecular weight is 246 g/mol. The number of likely N-dealkylation sites (tertiary alicyclic amines) is 1. The number of nitrogens with zero attached hydrogens (tertiary/aromatic N) is 1. The third kappa shape index (κ3) is 3.57. The minimum Gasteiger partial charge on any atom is -0.348 e. The van der Waals surface area contributed by atoms with Gasteiger partial charge in [-0.3, -0.25) is 4.79 Å². The molecule has 1 atom stereocenters. The lowest BCUT2D eigenvalue weighted by atomic mass is 10.1. The highest BCUT2D eigenvalue weighted by atomic mass is 16.1. The quantitative estimate of drug-likeness (QED) is 0.887. The maximum atomic E-state index is 12.1. The number of likely N-dealkylation sites (N-methyl/N-ethyl adjacent to an activating group) is 1. The molecule has 1 heterocycles. The van der Waals surface area contributed by atoms with Crippen molar-refractivity contribution < 1.29 is 4.79 Å². The van der Waals surface area contributed by atoms with Gasteiger partial charge in [-0.05, 0) is 38.1 Å². The fourth-order valence-electron chi connectivity index (χ4n) is 2.48. The molecule has 1 unspecified atom stereocenters. The van der Waals surface area contributed by atoms with E-state index < -0.39 is 0 Å². The number of hydrogen-bond donors (Lipinski definition) is 1. The van der Waals surface area contributed by atoms with Crippen LogP contribution in [0.15, 0.2) is 30.3 Å². The van der Waals surface area contributed by atoms with Crippen molar-refractivity contribution in [2.75, 3.05) is 19.6 Å². The zero-order chi connectivity index (χ0) is 12.8. The van der Waals surface area contributed by atoms with Crippen molar-refractivity contribution in [2.45, 2.75) is 32.2 Å². The first kappa shape index (κ1) is 13.1. The molecule has 2 rings (SSSR count). The third-order valence-corrected chi connectivity index (χ3v) is 3.57. The van der Waals surface area contributed by atoms with Crippen molar-refractivity contribution in [1.29, 1.82) is 0 Å². The Morgan fingerprint density at radius 3 is 2.83 bits per heavy atom. The van der Waals surface area contributed by atoms with E-state index in [9.17, 15) is 4.79 Å². The second-order valence-electron chi connectivity index (χ2n) is 4.93. The van der Waals surface area contributed by atoms with E-state index in [1.165, 1.54) is 12.8 Å². The summed E-state index contributed by atoms with van der Waals surface area (Å²) in [5, 5.41) is 3.16. The lowest BCUT2D eigenvalue weighted by molar-refractivity contribution is 0.0927. The molecule has 1 aliphatic heterocycles. The number of hydrogen-bond acceptors (Lipinski definition) is 2. The molecule has 0 aliphatic carbocycles. The number of carbonyl (C=O) groups excluding carboxylic acids is 1. The third-order valence-electron chi connectivity index (χ3n) is 3.57. The van der Waals surface area contributed by atoms with Crippen molar-refractivity contribution in [3.63, 3.8) is 0 Å². The average Bonchev–Trinajstić information content (AvgIpc) is 2.65.